The zero-order valence-electron chi connectivity index (χ0n) is 11.1. The van der Waals surface area contributed by atoms with E-state index < -0.39 is 11.7 Å². The van der Waals surface area contributed by atoms with Gasteiger partial charge in [0.1, 0.15) is 0 Å². The van der Waals surface area contributed by atoms with Crippen molar-refractivity contribution in [2.45, 2.75) is 12.5 Å². The van der Waals surface area contributed by atoms with Gasteiger partial charge in [-0.05, 0) is 13.0 Å². The third-order valence-corrected chi connectivity index (χ3v) is 3.99. The molecule has 0 radical (unpaired) electrons. The van der Waals surface area contributed by atoms with Crippen molar-refractivity contribution in [1.82, 2.24) is 9.88 Å². The normalized spacial score (nSPS) is 22.6. The molecule has 3 N–H and O–H groups in total. The summed E-state index contributed by atoms with van der Waals surface area (Å²) in [6.07, 6.45) is -0.405. The molecular formula is C14H17N3O2. The standard InChI is InChI=1S/C14H17N3O2/c1-9-12(14(7-15)8-16-13(18)19-14)10-5-3-4-6-11(10)17(9)2/h3-6H,7-8,15H2,1-2H3,(H,16,18). The van der Waals surface area contributed by atoms with E-state index in [1.165, 1.54) is 0 Å². The molecule has 2 aromatic rings. The summed E-state index contributed by atoms with van der Waals surface area (Å²) >= 11 is 0. The Morgan fingerprint density at radius 2 is 2.21 bits per heavy atom. The fourth-order valence-corrected chi connectivity index (χ4v) is 2.92. The Labute approximate surface area is 111 Å². The number of nitrogens with two attached hydrogens (primary N) is 1. The van der Waals surface area contributed by atoms with Gasteiger partial charge in [0.05, 0.1) is 6.54 Å². The molecule has 2 heterocycles. The molecular weight excluding hydrogens is 242 g/mol. The maximum absolute atomic E-state index is 11.4. The zero-order valence-corrected chi connectivity index (χ0v) is 11.1. The van der Waals surface area contributed by atoms with Gasteiger partial charge in [-0.3, -0.25) is 0 Å². The number of hydrogen-bond donors (Lipinski definition) is 2. The van der Waals surface area contributed by atoms with Gasteiger partial charge in [-0.2, -0.15) is 0 Å². The highest BCUT2D eigenvalue weighted by Gasteiger charge is 2.44. The highest BCUT2D eigenvalue weighted by atomic mass is 16.6. The number of carbonyl (C=O) groups is 1. The average Bonchev–Trinajstić information content (AvgIpc) is 2.92. The summed E-state index contributed by atoms with van der Waals surface area (Å²) in [5.74, 6) is 0. The summed E-state index contributed by atoms with van der Waals surface area (Å²) in [5, 5.41) is 3.80. The molecule has 5 nitrogen and oxygen atoms in total. The molecule has 1 aliphatic rings. The van der Waals surface area contributed by atoms with Crippen LogP contribution in [0.2, 0.25) is 0 Å². The lowest BCUT2D eigenvalue weighted by molar-refractivity contribution is 0.0622. The molecule has 0 bridgehead atoms. The molecule has 3 rings (SSSR count). The number of fused-ring (bicyclic) bond motifs is 1. The Kier molecular flexibility index (Phi) is 2.53. The first-order valence-corrected chi connectivity index (χ1v) is 6.30. The van der Waals surface area contributed by atoms with Crippen molar-refractivity contribution >= 4 is 17.0 Å². The van der Waals surface area contributed by atoms with Gasteiger partial charge >= 0.3 is 6.09 Å². The Morgan fingerprint density at radius 1 is 1.47 bits per heavy atom. The molecule has 1 saturated heterocycles. The second kappa shape index (κ2) is 3.99. The lowest BCUT2D eigenvalue weighted by atomic mass is 9.91. The highest BCUT2D eigenvalue weighted by Crippen LogP contribution is 2.37. The summed E-state index contributed by atoms with van der Waals surface area (Å²) in [4.78, 5) is 11.4. The van der Waals surface area contributed by atoms with Crippen LogP contribution in [0.3, 0.4) is 0 Å². The van der Waals surface area contributed by atoms with Crippen molar-refractivity contribution in [3.63, 3.8) is 0 Å². The molecule has 1 fully saturated rings. The van der Waals surface area contributed by atoms with Crippen LogP contribution in [0.25, 0.3) is 10.9 Å². The van der Waals surface area contributed by atoms with Crippen molar-refractivity contribution in [1.29, 1.82) is 0 Å². The summed E-state index contributed by atoms with van der Waals surface area (Å²) in [6, 6.07) is 8.08. The number of nitrogens with zero attached hydrogens (tertiary/aromatic N) is 1. The number of ether oxygens (including phenoxy) is 1. The highest BCUT2D eigenvalue weighted by molar-refractivity contribution is 5.87. The lowest BCUT2D eigenvalue weighted by Crippen LogP contribution is -2.39. The smallest absolute Gasteiger partial charge is 0.408 e. The van der Waals surface area contributed by atoms with Crippen LogP contribution in [0.1, 0.15) is 11.3 Å². The zero-order chi connectivity index (χ0) is 13.6. The molecule has 5 heteroatoms. The maximum Gasteiger partial charge on any atom is 0.408 e. The fourth-order valence-electron chi connectivity index (χ4n) is 2.92. The minimum Gasteiger partial charge on any atom is -0.435 e. The van der Waals surface area contributed by atoms with Gasteiger partial charge in [0.2, 0.25) is 0 Å². The largest absolute Gasteiger partial charge is 0.435 e. The number of hydrogen-bond acceptors (Lipinski definition) is 3. The van der Waals surface area contributed by atoms with Crippen molar-refractivity contribution < 1.29 is 9.53 Å². The van der Waals surface area contributed by atoms with Crippen LogP contribution >= 0.6 is 0 Å². The molecule has 1 aromatic heterocycles. The summed E-state index contributed by atoms with van der Waals surface area (Å²) in [7, 11) is 2.01. The van der Waals surface area contributed by atoms with Crippen LogP contribution in [0.5, 0.6) is 0 Å². The third-order valence-electron chi connectivity index (χ3n) is 3.99. The van der Waals surface area contributed by atoms with Crippen LogP contribution in [0.4, 0.5) is 4.79 Å². The van der Waals surface area contributed by atoms with Gasteiger partial charge in [-0.15, -0.1) is 0 Å². The quantitative estimate of drug-likeness (QED) is 0.856. The van der Waals surface area contributed by atoms with E-state index in [0.717, 1.165) is 22.2 Å². The van der Waals surface area contributed by atoms with Crippen LogP contribution < -0.4 is 11.1 Å². The van der Waals surface area contributed by atoms with Gasteiger partial charge in [0, 0.05) is 35.8 Å². The molecule has 0 aliphatic carbocycles. The molecule has 100 valence electrons. The molecule has 1 amide bonds. The van der Waals surface area contributed by atoms with Crippen LogP contribution in [-0.4, -0.2) is 23.7 Å². The number of cyclic esters (lactones) is 1. The van der Waals surface area contributed by atoms with E-state index in [4.69, 9.17) is 10.5 Å². The molecule has 1 unspecified atom stereocenters. The first kappa shape index (κ1) is 12.0. The van der Waals surface area contributed by atoms with Gasteiger partial charge in [-0.25, -0.2) is 4.79 Å². The van der Waals surface area contributed by atoms with Crippen molar-refractivity contribution in [2.24, 2.45) is 12.8 Å². The van der Waals surface area contributed by atoms with E-state index in [9.17, 15) is 4.79 Å². The number of carbonyl (C=O) groups excluding carboxylic acids is 1. The molecule has 1 aliphatic heterocycles. The summed E-state index contributed by atoms with van der Waals surface area (Å²) in [6.45, 7) is 2.71. The number of benzene rings is 1. The molecule has 0 saturated carbocycles. The van der Waals surface area contributed by atoms with E-state index >= 15 is 0 Å². The van der Waals surface area contributed by atoms with Gasteiger partial charge in [-0.1, -0.05) is 18.2 Å². The topological polar surface area (TPSA) is 69.3 Å². The van der Waals surface area contributed by atoms with Crippen LogP contribution in [0, 0.1) is 6.92 Å². The maximum atomic E-state index is 11.4. The molecule has 1 atom stereocenters. The monoisotopic (exact) mass is 259 g/mol. The number of rotatable bonds is 2. The van der Waals surface area contributed by atoms with Crippen LogP contribution in [-0.2, 0) is 17.4 Å². The van der Waals surface area contributed by atoms with Crippen molar-refractivity contribution in [3.8, 4) is 0 Å². The Hall–Kier alpha value is -2.01. The number of aromatic nitrogens is 1. The molecule has 1 aromatic carbocycles. The minimum atomic E-state index is -0.762. The van der Waals surface area contributed by atoms with E-state index in [2.05, 4.69) is 16.0 Å². The second-order valence-corrected chi connectivity index (χ2v) is 4.98. The first-order chi connectivity index (χ1) is 9.09. The van der Waals surface area contributed by atoms with Crippen LogP contribution in [0.15, 0.2) is 24.3 Å². The minimum absolute atomic E-state index is 0.264. The van der Waals surface area contributed by atoms with Crippen molar-refractivity contribution in [3.05, 3.63) is 35.5 Å². The Bertz CT molecular complexity index is 662. The predicted molar refractivity (Wildman–Crippen MR) is 72.9 cm³/mol. The molecule has 0 spiro atoms. The summed E-state index contributed by atoms with van der Waals surface area (Å²) in [5.41, 5.74) is 8.34. The number of alkyl carbamates (subject to hydrolysis) is 1. The van der Waals surface area contributed by atoms with Crippen molar-refractivity contribution in [2.75, 3.05) is 13.1 Å². The average molecular weight is 259 g/mol. The van der Waals surface area contributed by atoms with Gasteiger partial charge in [0.15, 0.2) is 5.60 Å². The SMILES string of the molecule is Cc1c(C2(CN)CNC(=O)O2)c2ccccc2n1C. The fraction of sp³-hybridized carbons (Fsp3) is 0.357. The number of para-hydroxylation sites is 1. The predicted octanol–water partition coefficient (Wildman–Crippen LogP) is 1.38. The first-order valence-electron chi connectivity index (χ1n) is 6.30. The number of aryl methyl sites for hydroxylation is 1. The van der Waals surface area contributed by atoms with E-state index in [1.54, 1.807) is 0 Å². The summed E-state index contributed by atoms with van der Waals surface area (Å²) < 4.78 is 7.60. The third kappa shape index (κ3) is 1.55. The van der Waals surface area contributed by atoms with E-state index in [-0.39, 0.29) is 6.54 Å². The lowest BCUT2D eigenvalue weighted by Gasteiger charge is -2.25. The number of amides is 1. The Morgan fingerprint density at radius 3 is 2.84 bits per heavy atom. The van der Waals surface area contributed by atoms with Gasteiger partial charge < -0.3 is 20.4 Å². The van der Waals surface area contributed by atoms with E-state index in [1.807, 2.05) is 32.2 Å². The number of nitrogens with one attached hydrogen (secondary N) is 1. The Balaban J connectivity index is 2.30. The molecule has 19 heavy (non-hydrogen) atoms. The second-order valence-electron chi connectivity index (χ2n) is 4.98. The van der Waals surface area contributed by atoms with Gasteiger partial charge in [0.25, 0.3) is 0 Å². The van der Waals surface area contributed by atoms with E-state index in [0.29, 0.717) is 6.54 Å².